The minimum atomic E-state index is -0.331. The Morgan fingerprint density at radius 1 is 1.50 bits per heavy atom. The lowest BCUT2D eigenvalue weighted by Gasteiger charge is -2.05. The van der Waals surface area contributed by atoms with Gasteiger partial charge in [0, 0.05) is 6.07 Å². The lowest BCUT2D eigenvalue weighted by atomic mass is 10.3. The number of nitrogens with two attached hydrogens (primary N) is 1. The molecule has 0 spiro atoms. The van der Waals surface area contributed by atoms with Crippen LogP contribution in [0, 0.1) is 5.82 Å². The molecule has 0 saturated heterocycles. The molecule has 12 heavy (non-hydrogen) atoms. The summed E-state index contributed by atoms with van der Waals surface area (Å²) >= 11 is 0. The zero-order valence-corrected chi connectivity index (χ0v) is 7.53. The molecule has 68 valence electrons. The van der Waals surface area contributed by atoms with Gasteiger partial charge in [0.1, 0.15) is 11.6 Å². The molecule has 0 saturated carbocycles. The first-order valence-electron chi connectivity index (χ1n) is 3.42. The lowest BCUT2D eigenvalue weighted by Crippen LogP contribution is -1.96. The Labute approximate surface area is 76.9 Å². The molecule has 2 N–H and O–H groups in total. The molecule has 4 heteroatoms. The molecular formula is C8H11ClFNO. The van der Waals surface area contributed by atoms with Crippen LogP contribution in [0.2, 0.25) is 0 Å². The van der Waals surface area contributed by atoms with Crippen LogP contribution < -0.4 is 10.5 Å². The van der Waals surface area contributed by atoms with Crippen LogP contribution in [0.3, 0.4) is 0 Å². The average Bonchev–Trinajstić information content (AvgIpc) is 1.98. The normalized spacial score (nSPS) is 8.83. The van der Waals surface area contributed by atoms with Gasteiger partial charge >= 0.3 is 0 Å². The fraction of sp³-hybridized carbons (Fsp3) is 0.250. The largest absolute Gasteiger partial charge is 0.492 e. The summed E-state index contributed by atoms with van der Waals surface area (Å²) in [5, 5.41) is 0. The Morgan fingerprint density at radius 2 is 2.17 bits per heavy atom. The molecule has 0 aromatic heterocycles. The van der Waals surface area contributed by atoms with Gasteiger partial charge in [0.15, 0.2) is 0 Å². The second-order valence-corrected chi connectivity index (χ2v) is 2.12. The number of nitrogen functional groups attached to an aromatic ring is 1. The van der Waals surface area contributed by atoms with Crippen LogP contribution in [-0.2, 0) is 0 Å². The highest BCUT2D eigenvalue weighted by atomic mass is 35.5. The van der Waals surface area contributed by atoms with E-state index < -0.39 is 0 Å². The fourth-order valence-corrected chi connectivity index (χ4v) is 0.789. The zero-order chi connectivity index (χ0) is 8.27. The molecule has 1 aromatic rings. The maximum atomic E-state index is 12.5. The monoisotopic (exact) mass is 191 g/mol. The van der Waals surface area contributed by atoms with E-state index in [1.165, 1.54) is 18.2 Å². The Morgan fingerprint density at radius 3 is 2.75 bits per heavy atom. The molecule has 0 fully saturated rings. The van der Waals surface area contributed by atoms with Crippen molar-refractivity contribution in [2.45, 2.75) is 6.92 Å². The van der Waals surface area contributed by atoms with Crippen LogP contribution in [-0.4, -0.2) is 6.61 Å². The van der Waals surface area contributed by atoms with Crippen LogP contribution in [0.1, 0.15) is 6.92 Å². The third kappa shape index (κ3) is 2.58. The van der Waals surface area contributed by atoms with Crippen LogP contribution >= 0.6 is 12.4 Å². The first-order chi connectivity index (χ1) is 5.24. The van der Waals surface area contributed by atoms with Gasteiger partial charge in [0.05, 0.1) is 12.3 Å². The number of ether oxygens (including phenoxy) is 1. The first kappa shape index (κ1) is 11.0. The SMILES string of the molecule is CCOc1cc(F)ccc1N.Cl. The molecule has 0 aliphatic carbocycles. The van der Waals surface area contributed by atoms with Crippen LogP contribution in [0.4, 0.5) is 10.1 Å². The first-order valence-corrected chi connectivity index (χ1v) is 3.42. The minimum absolute atomic E-state index is 0. The minimum Gasteiger partial charge on any atom is -0.492 e. The highest BCUT2D eigenvalue weighted by molar-refractivity contribution is 5.85. The van der Waals surface area contributed by atoms with Crippen molar-refractivity contribution in [2.24, 2.45) is 0 Å². The van der Waals surface area contributed by atoms with E-state index in [9.17, 15) is 4.39 Å². The molecule has 2 nitrogen and oxygen atoms in total. The summed E-state index contributed by atoms with van der Waals surface area (Å²) in [7, 11) is 0. The maximum absolute atomic E-state index is 12.5. The third-order valence-corrected chi connectivity index (χ3v) is 1.28. The summed E-state index contributed by atoms with van der Waals surface area (Å²) in [6.07, 6.45) is 0. The van der Waals surface area contributed by atoms with Crippen molar-refractivity contribution in [2.75, 3.05) is 12.3 Å². The summed E-state index contributed by atoms with van der Waals surface area (Å²) in [4.78, 5) is 0. The molecule has 0 aliphatic heterocycles. The van der Waals surface area contributed by atoms with E-state index in [-0.39, 0.29) is 18.2 Å². The van der Waals surface area contributed by atoms with Gasteiger partial charge in [-0.2, -0.15) is 0 Å². The number of benzene rings is 1. The lowest BCUT2D eigenvalue weighted by molar-refractivity contribution is 0.340. The topological polar surface area (TPSA) is 35.2 Å². The van der Waals surface area contributed by atoms with E-state index >= 15 is 0 Å². The fourth-order valence-electron chi connectivity index (χ4n) is 0.789. The third-order valence-electron chi connectivity index (χ3n) is 1.28. The van der Waals surface area contributed by atoms with Crippen molar-refractivity contribution in [3.63, 3.8) is 0 Å². The van der Waals surface area contributed by atoms with Gasteiger partial charge in [-0.1, -0.05) is 0 Å². The van der Waals surface area contributed by atoms with E-state index in [0.29, 0.717) is 18.0 Å². The average molecular weight is 192 g/mol. The van der Waals surface area contributed by atoms with Crippen molar-refractivity contribution >= 4 is 18.1 Å². The Bertz CT molecular complexity index is 255. The standard InChI is InChI=1S/C8H10FNO.ClH/c1-2-11-8-5-6(9)3-4-7(8)10;/h3-5H,2,10H2,1H3;1H. The molecule has 0 heterocycles. The van der Waals surface area contributed by atoms with Gasteiger partial charge in [0.25, 0.3) is 0 Å². The van der Waals surface area contributed by atoms with Crippen molar-refractivity contribution in [3.05, 3.63) is 24.0 Å². The number of hydrogen-bond acceptors (Lipinski definition) is 2. The molecule has 1 aromatic carbocycles. The molecule has 1 rings (SSSR count). The van der Waals surface area contributed by atoms with Crippen molar-refractivity contribution in [1.82, 2.24) is 0 Å². The van der Waals surface area contributed by atoms with Crippen molar-refractivity contribution in [3.8, 4) is 5.75 Å². The maximum Gasteiger partial charge on any atom is 0.145 e. The smallest absolute Gasteiger partial charge is 0.145 e. The van der Waals surface area contributed by atoms with E-state index in [0.717, 1.165) is 0 Å². The van der Waals surface area contributed by atoms with Gasteiger partial charge in [0.2, 0.25) is 0 Å². The van der Waals surface area contributed by atoms with Crippen molar-refractivity contribution < 1.29 is 9.13 Å². The Kier molecular flexibility index (Phi) is 4.44. The molecule has 0 bridgehead atoms. The van der Waals surface area contributed by atoms with Gasteiger partial charge in [-0.25, -0.2) is 4.39 Å². The molecule has 0 amide bonds. The number of anilines is 1. The zero-order valence-electron chi connectivity index (χ0n) is 6.71. The Balaban J connectivity index is 0.00000121. The highest BCUT2D eigenvalue weighted by Crippen LogP contribution is 2.21. The number of rotatable bonds is 2. The van der Waals surface area contributed by atoms with E-state index in [4.69, 9.17) is 10.5 Å². The molecule has 0 radical (unpaired) electrons. The van der Waals surface area contributed by atoms with Gasteiger partial charge in [-0.05, 0) is 19.1 Å². The second kappa shape index (κ2) is 4.83. The summed E-state index contributed by atoms with van der Waals surface area (Å²) in [6.45, 7) is 2.32. The summed E-state index contributed by atoms with van der Waals surface area (Å²) in [5.41, 5.74) is 5.95. The summed E-state index contributed by atoms with van der Waals surface area (Å²) in [5.74, 6) is 0.0788. The van der Waals surface area contributed by atoms with Gasteiger partial charge in [-0.15, -0.1) is 12.4 Å². The molecular weight excluding hydrogens is 181 g/mol. The molecule has 0 unspecified atom stereocenters. The molecule has 0 aliphatic rings. The van der Waals surface area contributed by atoms with Crippen LogP contribution in [0.5, 0.6) is 5.75 Å². The Hall–Kier alpha value is -0.960. The van der Waals surface area contributed by atoms with E-state index in [2.05, 4.69) is 0 Å². The van der Waals surface area contributed by atoms with Gasteiger partial charge in [-0.3, -0.25) is 0 Å². The predicted octanol–water partition coefficient (Wildman–Crippen LogP) is 2.23. The van der Waals surface area contributed by atoms with Crippen molar-refractivity contribution in [1.29, 1.82) is 0 Å². The quantitative estimate of drug-likeness (QED) is 0.728. The number of halogens is 2. The second-order valence-electron chi connectivity index (χ2n) is 2.12. The summed E-state index contributed by atoms with van der Waals surface area (Å²) < 4.78 is 17.6. The van der Waals surface area contributed by atoms with E-state index in [1.54, 1.807) is 0 Å². The predicted molar refractivity (Wildman–Crippen MR) is 49.2 cm³/mol. The van der Waals surface area contributed by atoms with Crippen LogP contribution in [0.25, 0.3) is 0 Å². The molecule has 0 atom stereocenters. The van der Waals surface area contributed by atoms with E-state index in [1.807, 2.05) is 6.92 Å². The summed E-state index contributed by atoms with van der Waals surface area (Å²) in [6, 6.07) is 4.07. The number of hydrogen-bond donors (Lipinski definition) is 1. The van der Waals surface area contributed by atoms with Gasteiger partial charge < -0.3 is 10.5 Å². The highest BCUT2D eigenvalue weighted by Gasteiger charge is 1.99. The van der Waals surface area contributed by atoms with Crippen LogP contribution in [0.15, 0.2) is 18.2 Å².